The van der Waals surface area contributed by atoms with Crippen LogP contribution in [0.4, 0.5) is 0 Å². The molecule has 0 aliphatic heterocycles. The Morgan fingerprint density at radius 3 is 0.704 bits per heavy atom. The van der Waals surface area contributed by atoms with E-state index in [0.29, 0.717) is 19.3 Å². The van der Waals surface area contributed by atoms with Gasteiger partial charge in [0.1, 0.15) is 13.2 Å². The van der Waals surface area contributed by atoms with Crippen molar-refractivity contribution in [1.29, 1.82) is 0 Å². The third-order valence-corrected chi connectivity index (χ3v) is 14.4. The molecule has 6 heteroatoms. The zero-order valence-corrected chi connectivity index (χ0v) is 48.0. The van der Waals surface area contributed by atoms with Crippen LogP contribution in [0.2, 0.25) is 0 Å². The Bertz CT molecular complexity index is 1150. The van der Waals surface area contributed by atoms with E-state index in [4.69, 9.17) is 14.2 Å². The van der Waals surface area contributed by atoms with E-state index in [0.717, 1.165) is 57.8 Å². The molecule has 71 heavy (non-hydrogen) atoms. The van der Waals surface area contributed by atoms with Crippen LogP contribution in [0.1, 0.15) is 355 Å². The molecular formula is C65H122O6. The molecule has 0 saturated carbocycles. The molecule has 0 saturated heterocycles. The Morgan fingerprint density at radius 2 is 0.465 bits per heavy atom. The van der Waals surface area contributed by atoms with E-state index in [-0.39, 0.29) is 31.1 Å². The van der Waals surface area contributed by atoms with Crippen molar-refractivity contribution in [3.05, 3.63) is 24.3 Å². The molecule has 6 nitrogen and oxygen atoms in total. The summed E-state index contributed by atoms with van der Waals surface area (Å²) in [5, 5.41) is 0. The first-order chi connectivity index (χ1) is 35.0. The Morgan fingerprint density at radius 1 is 0.268 bits per heavy atom. The van der Waals surface area contributed by atoms with Gasteiger partial charge >= 0.3 is 17.9 Å². The molecule has 418 valence electrons. The number of ether oxygens (including phenoxy) is 3. The third kappa shape index (κ3) is 58.7. The summed E-state index contributed by atoms with van der Waals surface area (Å²) in [7, 11) is 0. The van der Waals surface area contributed by atoms with Gasteiger partial charge in [-0.25, -0.2) is 0 Å². The van der Waals surface area contributed by atoms with E-state index in [1.54, 1.807) is 0 Å². The predicted molar refractivity (Wildman–Crippen MR) is 307 cm³/mol. The Hall–Kier alpha value is -2.11. The van der Waals surface area contributed by atoms with Crippen LogP contribution in [0.5, 0.6) is 0 Å². The van der Waals surface area contributed by atoms with Gasteiger partial charge in [-0.05, 0) is 70.6 Å². The fourth-order valence-electron chi connectivity index (χ4n) is 9.61. The molecule has 0 aromatic carbocycles. The summed E-state index contributed by atoms with van der Waals surface area (Å²) in [4.78, 5) is 38.3. The quantitative estimate of drug-likeness (QED) is 0.0261. The smallest absolute Gasteiger partial charge is 0.306 e. The van der Waals surface area contributed by atoms with Gasteiger partial charge in [0, 0.05) is 19.3 Å². The first-order valence-electron chi connectivity index (χ1n) is 31.8. The van der Waals surface area contributed by atoms with E-state index in [1.165, 1.54) is 257 Å². The third-order valence-electron chi connectivity index (χ3n) is 14.4. The minimum absolute atomic E-state index is 0.0676. The molecule has 0 bridgehead atoms. The zero-order chi connectivity index (χ0) is 51.4. The Labute approximate surface area is 443 Å². The monoisotopic (exact) mass is 999 g/mol. The molecule has 0 aromatic heterocycles. The van der Waals surface area contributed by atoms with Gasteiger partial charge in [-0.1, -0.05) is 289 Å². The van der Waals surface area contributed by atoms with E-state index >= 15 is 0 Å². The van der Waals surface area contributed by atoms with Crippen molar-refractivity contribution in [2.45, 2.75) is 361 Å². The fourth-order valence-corrected chi connectivity index (χ4v) is 9.61. The standard InChI is InChI=1S/C65H122O6/c1-4-7-10-13-16-19-22-25-27-29-31-32-34-35-37-40-43-46-49-52-55-58-64(67)70-61-62(60-69-63(66)57-54-51-48-45-42-39-24-21-18-15-12-9-6-3)71-65(68)59-56-53-50-47-44-41-38-36-33-30-28-26-23-20-17-14-11-8-5-2/h26,28-29,31,62H,4-25,27,30,32-61H2,1-3H3/b28-26-,31-29-. The minimum atomic E-state index is -0.770. The van der Waals surface area contributed by atoms with Gasteiger partial charge in [-0.2, -0.15) is 0 Å². The molecule has 1 unspecified atom stereocenters. The lowest BCUT2D eigenvalue weighted by atomic mass is 10.0. The number of hydrogen-bond donors (Lipinski definition) is 0. The van der Waals surface area contributed by atoms with Crippen LogP contribution < -0.4 is 0 Å². The molecule has 0 aliphatic rings. The van der Waals surface area contributed by atoms with Crippen LogP contribution in [-0.2, 0) is 28.6 Å². The van der Waals surface area contributed by atoms with E-state index in [2.05, 4.69) is 45.1 Å². The average Bonchev–Trinajstić information content (AvgIpc) is 3.37. The van der Waals surface area contributed by atoms with Crippen molar-refractivity contribution in [3.8, 4) is 0 Å². The second-order valence-electron chi connectivity index (χ2n) is 21.7. The topological polar surface area (TPSA) is 78.9 Å². The van der Waals surface area contributed by atoms with E-state index in [9.17, 15) is 14.4 Å². The van der Waals surface area contributed by atoms with Crippen LogP contribution >= 0.6 is 0 Å². The van der Waals surface area contributed by atoms with Crippen LogP contribution in [0.3, 0.4) is 0 Å². The highest BCUT2D eigenvalue weighted by atomic mass is 16.6. The summed E-state index contributed by atoms with van der Waals surface area (Å²) in [6, 6.07) is 0. The SMILES string of the molecule is CCCCCCCC/C=C\CCCCCCCCCCCC(=O)OC(COC(=O)CCCCCCCCCCC/C=C\CCCCCCCCCC)COC(=O)CCCCCCCCCCCCCCC. The average molecular weight is 1000 g/mol. The van der Waals surface area contributed by atoms with Crippen molar-refractivity contribution in [2.24, 2.45) is 0 Å². The fraction of sp³-hybridized carbons (Fsp3) is 0.892. The van der Waals surface area contributed by atoms with E-state index < -0.39 is 6.10 Å². The molecule has 0 spiro atoms. The van der Waals surface area contributed by atoms with Crippen molar-refractivity contribution in [1.82, 2.24) is 0 Å². The highest BCUT2D eigenvalue weighted by Crippen LogP contribution is 2.17. The van der Waals surface area contributed by atoms with Crippen LogP contribution in [0.15, 0.2) is 24.3 Å². The van der Waals surface area contributed by atoms with Gasteiger partial charge in [0.15, 0.2) is 6.10 Å². The molecule has 0 fully saturated rings. The largest absolute Gasteiger partial charge is 0.462 e. The van der Waals surface area contributed by atoms with E-state index in [1.807, 2.05) is 0 Å². The van der Waals surface area contributed by atoms with Gasteiger partial charge in [0.2, 0.25) is 0 Å². The normalized spacial score (nSPS) is 12.1. The number of allylic oxidation sites excluding steroid dienone is 4. The number of hydrogen-bond acceptors (Lipinski definition) is 6. The highest BCUT2D eigenvalue weighted by molar-refractivity contribution is 5.71. The lowest BCUT2D eigenvalue weighted by molar-refractivity contribution is -0.167. The summed E-state index contributed by atoms with van der Waals surface area (Å²) in [5.74, 6) is -0.847. The van der Waals surface area contributed by atoms with Crippen molar-refractivity contribution < 1.29 is 28.6 Å². The Balaban J connectivity index is 4.29. The summed E-state index contributed by atoms with van der Waals surface area (Å²) in [6.07, 6.45) is 71.8. The Kier molecular flexibility index (Phi) is 58.6. The molecule has 0 rings (SSSR count). The molecule has 0 amide bonds. The maximum Gasteiger partial charge on any atom is 0.306 e. The molecule has 0 aliphatic carbocycles. The predicted octanol–water partition coefficient (Wildman–Crippen LogP) is 21.4. The van der Waals surface area contributed by atoms with Crippen LogP contribution in [0.25, 0.3) is 0 Å². The van der Waals surface area contributed by atoms with Gasteiger partial charge < -0.3 is 14.2 Å². The molecule has 0 heterocycles. The molecule has 1 atom stereocenters. The van der Waals surface area contributed by atoms with Crippen LogP contribution in [0, 0.1) is 0 Å². The number of rotatable bonds is 59. The minimum Gasteiger partial charge on any atom is -0.462 e. The van der Waals surface area contributed by atoms with Crippen LogP contribution in [-0.4, -0.2) is 37.2 Å². The number of esters is 3. The first kappa shape index (κ1) is 68.9. The number of carbonyl (C=O) groups is 3. The second kappa shape index (κ2) is 60.4. The first-order valence-corrected chi connectivity index (χ1v) is 31.8. The zero-order valence-electron chi connectivity index (χ0n) is 48.0. The maximum absolute atomic E-state index is 12.9. The van der Waals surface area contributed by atoms with Gasteiger partial charge in [0.25, 0.3) is 0 Å². The van der Waals surface area contributed by atoms with Crippen molar-refractivity contribution in [2.75, 3.05) is 13.2 Å². The second-order valence-corrected chi connectivity index (χ2v) is 21.7. The summed E-state index contributed by atoms with van der Waals surface area (Å²) in [5.41, 5.74) is 0. The number of unbranched alkanes of at least 4 members (excludes halogenated alkanes) is 44. The van der Waals surface area contributed by atoms with Gasteiger partial charge in [0.05, 0.1) is 0 Å². The van der Waals surface area contributed by atoms with Crippen molar-refractivity contribution in [3.63, 3.8) is 0 Å². The highest BCUT2D eigenvalue weighted by Gasteiger charge is 2.19. The molecular weight excluding hydrogens is 877 g/mol. The maximum atomic E-state index is 12.9. The summed E-state index contributed by atoms with van der Waals surface area (Å²) in [6.45, 7) is 6.69. The molecule has 0 radical (unpaired) electrons. The summed E-state index contributed by atoms with van der Waals surface area (Å²) < 4.78 is 16.9. The number of carbonyl (C=O) groups excluding carboxylic acids is 3. The van der Waals surface area contributed by atoms with Crippen molar-refractivity contribution >= 4 is 17.9 Å². The van der Waals surface area contributed by atoms with Gasteiger partial charge in [-0.15, -0.1) is 0 Å². The lowest BCUT2D eigenvalue weighted by Crippen LogP contribution is -2.30. The summed E-state index contributed by atoms with van der Waals surface area (Å²) >= 11 is 0. The molecule has 0 N–H and O–H groups in total. The van der Waals surface area contributed by atoms with Gasteiger partial charge in [-0.3, -0.25) is 14.4 Å². The molecule has 0 aromatic rings. The lowest BCUT2D eigenvalue weighted by Gasteiger charge is -2.18.